The molecule has 0 atom stereocenters. The molecule has 3 heterocycles. The molecule has 29 heavy (non-hydrogen) atoms. The lowest BCUT2D eigenvalue weighted by atomic mass is 10.1. The van der Waals surface area contributed by atoms with E-state index in [2.05, 4.69) is 38.6 Å². The summed E-state index contributed by atoms with van der Waals surface area (Å²) in [5.74, 6) is 0.997. The number of aromatic amines is 1. The fourth-order valence-corrected chi connectivity index (χ4v) is 3.57. The largest absolute Gasteiger partial charge is 0.412 e. The van der Waals surface area contributed by atoms with Gasteiger partial charge in [-0.25, -0.2) is 14.8 Å². The van der Waals surface area contributed by atoms with Crippen molar-refractivity contribution in [1.82, 2.24) is 30.0 Å². The molecule has 0 saturated heterocycles. The lowest BCUT2D eigenvalue weighted by Gasteiger charge is -2.07. The maximum absolute atomic E-state index is 12.0. The quantitative estimate of drug-likeness (QED) is 0.551. The second-order valence-corrected chi connectivity index (χ2v) is 7.82. The van der Waals surface area contributed by atoms with Crippen LogP contribution < -0.4 is 10.1 Å². The van der Waals surface area contributed by atoms with E-state index in [0.29, 0.717) is 28.5 Å². The minimum atomic E-state index is -0.523. The summed E-state index contributed by atoms with van der Waals surface area (Å²) >= 11 is 0. The molecule has 1 amide bonds. The summed E-state index contributed by atoms with van der Waals surface area (Å²) in [5.41, 5.74) is 4.87. The Labute approximate surface area is 167 Å². The third kappa shape index (κ3) is 3.20. The van der Waals surface area contributed by atoms with Crippen molar-refractivity contribution >= 4 is 28.2 Å². The van der Waals surface area contributed by atoms with Gasteiger partial charge in [0.25, 0.3) is 0 Å². The standard InChI is InChI=1S/C21H22N6O2/c1-11(2)24-21(28)29-17-10-23-20-19(17)25-15(9-22-20)18-14-8-13(12-4-5-12)6-7-16(14)27(3)26-18/h6-12H,4-5H2,1-3H3,(H,22,23)(H,24,28). The number of carbonyl (C=O) groups excluding carboxylic acids is 1. The van der Waals surface area contributed by atoms with E-state index in [9.17, 15) is 4.79 Å². The van der Waals surface area contributed by atoms with Gasteiger partial charge >= 0.3 is 6.09 Å². The second kappa shape index (κ2) is 6.58. The number of carbonyl (C=O) groups is 1. The first-order valence-corrected chi connectivity index (χ1v) is 9.79. The molecule has 0 spiro atoms. The Kier molecular flexibility index (Phi) is 4.01. The van der Waals surface area contributed by atoms with Crippen molar-refractivity contribution in [3.8, 4) is 17.1 Å². The molecule has 5 rings (SSSR count). The van der Waals surface area contributed by atoms with Crippen LogP contribution in [0.5, 0.6) is 5.75 Å². The van der Waals surface area contributed by atoms with Crippen LogP contribution in [0.15, 0.2) is 30.6 Å². The third-order valence-electron chi connectivity index (χ3n) is 5.12. The van der Waals surface area contributed by atoms with Crippen LogP contribution in [-0.4, -0.2) is 36.9 Å². The second-order valence-electron chi connectivity index (χ2n) is 7.82. The van der Waals surface area contributed by atoms with Gasteiger partial charge in [-0.2, -0.15) is 5.10 Å². The number of benzene rings is 1. The van der Waals surface area contributed by atoms with Gasteiger partial charge in [0.15, 0.2) is 16.9 Å². The zero-order valence-corrected chi connectivity index (χ0v) is 16.6. The summed E-state index contributed by atoms with van der Waals surface area (Å²) in [7, 11) is 1.93. The molecule has 1 aromatic carbocycles. The molecule has 1 fully saturated rings. The number of ether oxygens (including phenoxy) is 1. The first-order chi connectivity index (χ1) is 14.0. The van der Waals surface area contributed by atoms with Gasteiger partial charge in [-0.3, -0.25) is 4.68 Å². The van der Waals surface area contributed by atoms with E-state index in [1.54, 1.807) is 12.4 Å². The first-order valence-electron chi connectivity index (χ1n) is 9.79. The molecular weight excluding hydrogens is 368 g/mol. The average molecular weight is 390 g/mol. The maximum atomic E-state index is 12.0. The number of hydrogen-bond donors (Lipinski definition) is 2. The average Bonchev–Trinajstić information content (AvgIpc) is 3.40. The Morgan fingerprint density at radius 1 is 1.34 bits per heavy atom. The predicted molar refractivity (Wildman–Crippen MR) is 110 cm³/mol. The van der Waals surface area contributed by atoms with Gasteiger partial charge in [0, 0.05) is 24.7 Å². The van der Waals surface area contributed by atoms with Crippen LogP contribution in [0.4, 0.5) is 4.79 Å². The van der Waals surface area contributed by atoms with Crippen molar-refractivity contribution in [2.75, 3.05) is 0 Å². The van der Waals surface area contributed by atoms with Crippen LogP contribution in [-0.2, 0) is 7.05 Å². The summed E-state index contributed by atoms with van der Waals surface area (Å²) in [6, 6.07) is 6.50. The lowest BCUT2D eigenvalue weighted by molar-refractivity contribution is 0.198. The van der Waals surface area contributed by atoms with Gasteiger partial charge in [-0.1, -0.05) is 6.07 Å². The number of fused-ring (bicyclic) bond motifs is 2. The molecule has 0 bridgehead atoms. The molecule has 0 unspecified atom stereocenters. The molecule has 3 aromatic heterocycles. The van der Waals surface area contributed by atoms with E-state index in [-0.39, 0.29) is 6.04 Å². The van der Waals surface area contributed by atoms with E-state index in [4.69, 9.17) is 9.72 Å². The number of aromatic nitrogens is 5. The first kappa shape index (κ1) is 17.7. The molecule has 0 aliphatic heterocycles. The van der Waals surface area contributed by atoms with E-state index in [1.807, 2.05) is 25.6 Å². The summed E-state index contributed by atoms with van der Waals surface area (Å²) in [6.07, 6.45) is 5.26. The normalized spacial score (nSPS) is 14.1. The van der Waals surface area contributed by atoms with Gasteiger partial charge in [0.1, 0.15) is 11.4 Å². The van der Waals surface area contributed by atoms with Crippen LogP contribution in [0.2, 0.25) is 0 Å². The molecule has 1 saturated carbocycles. The van der Waals surface area contributed by atoms with Gasteiger partial charge in [-0.15, -0.1) is 0 Å². The summed E-state index contributed by atoms with van der Waals surface area (Å²) in [6.45, 7) is 3.74. The van der Waals surface area contributed by atoms with Gasteiger partial charge in [0.05, 0.1) is 11.7 Å². The minimum absolute atomic E-state index is 0.0186. The fraction of sp³-hybridized carbons (Fsp3) is 0.333. The van der Waals surface area contributed by atoms with Crippen molar-refractivity contribution in [3.63, 3.8) is 0 Å². The molecule has 1 aliphatic carbocycles. The number of rotatable bonds is 4. The van der Waals surface area contributed by atoms with Crippen molar-refractivity contribution in [2.24, 2.45) is 7.05 Å². The Bertz CT molecular complexity index is 1230. The van der Waals surface area contributed by atoms with Crippen LogP contribution in [0, 0.1) is 0 Å². The molecule has 0 radical (unpaired) electrons. The van der Waals surface area contributed by atoms with Crippen molar-refractivity contribution < 1.29 is 9.53 Å². The lowest BCUT2D eigenvalue weighted by Crippen LogP contribution is -2.32. The zero-order chi connectivity index (χ0) is 20.1. The zero-order valence-electron chi connectivity index (χ0n) is 16.6. The molecule has 8 heteroatoms. The highest BCUT2D eigenvalue weighted by atomic mass is 16.6. The highest BCUT2D eigenvalue weighted by Crippen LogP contribution is 2.42. The smallest absolute Gasteiger partial charge is 0.406 e. The van der Waals surface area contributed by atoms with E-state index < -0.39 is 6.09 Å². The fourth-order valence-electron chi connectivity index (χ4n) is 3.57. The van der Waals surface area contributed by atoms with Crippen LogP contribution >= 0.6 is 0 Å². The van der Waals surface area contributed by atoms with Crippen molar-refractivity contribution in [3.05, 3.63) is 36.2 Å². The third-order valence-corrected chi connectivity index (χ3v) is 5.12. The summed E-state index contributed by atoms with van der Waals surface area (Å²) < 4.78 is 7.27. The number of nitrogens with zero attached hydrogens (tertiary/aromatic N) is 4. The number of nitrogens with one attached hydrogen (secondary N) is 2. The molecule has 4 aromatic rings. The number of aryl methyl sites for hydroxylation is 1. The molecule has 8 nitrogen and oxygen atoms in total. The van der Waals surface area contributed by atoms with Crippen LogP contribution in [0.1, 0.15) is 38.2 Å². The highest BCUT2D eigenvalue weighted by molar-refractivity contribution is 5.94. The van der Waals surface area contributed by atoms with Crippen LogP contribution in [0.25, 0.3) is 33.5 Å². The topological polar surface area (TPSA) is 97.7 Å². The molecule has 1 aliphatic rings. The van der Waals surface area contributed by atoms with E-state index in [0.717, 1.165) is 16.6 Å². The van der Waals surface area contributed by atoms with Gasteiger partial charge in [-0.05, 0) is 50.3 Å². The predicted octanol–water partition coefficient (Wildman–Crippen LogP) is 3.89. The Morgan fingerprint density at radius 3 is 2.93 bits per heavy atom. The van der Waals surface area contributed by atoms with E-state index in [1.165, 1.54) is 18.4 Å². The van der Waals surface area contributed by atoms with E-state index >= 15 is 0 Å². The highest BCUT2D eigenvalue weighted by Gasteiger charge is 2.25. The summed E-state index contributed by atoms with van der Waals surface area (Å²) in [5, 5.41) is 8.45. The molecule has 2 N–H and O–H groups in total. The van der Waals surface area contributed by atoms with Gasteiger partial charge < -0.3 is 15.0 Å². The molecular formula is C21H22N6O2. The minimum Gasteiger partial charge on any atom is -0.406 e. The van der Waals surface area contributed by atoms with Crippen LogP contribution in [0.3, 0.4) is 0 Å². The Hall–Kier alpha value is -3.42. The van der Waals surface area contributed by atoms with Crippen molar-refractivity contribution in [2.45, 2.75) is 38.6 Å². The Balaban J connectivity index is 1.57. The van der Waals surface area contributed by atoms with Gasteiger partial charge in [0.2, 0.25) is 0 Å². The number of amides is 1. The maximum Gasteiger partial charge on any atom is 0.412 e. The SMILES string of the molecule is CC(C)NC(=O)Oc1c[nH]c2ncc(-c3nn(C)c4ccc(C5CC5)cc34)nc12. The Morgan fingerprint density at radius 2 is 2.17 bits per heavy atom. The number of H-pyrrole nitrogens is 1. The molecule has 148 valence electrons. The summed E-state index contributed by atoms with van der Waals surface area (Å²) in [4.78, 5) is 24.2. The van der Waals surface area contributed by atoms with Crippen molar-refractivity contribution in [1.29, 1.82) is 0 Å². The monoisotopic (exact) mass is 390 g/mol. The number of hydrogen-bond acceptors (Lipinski definition) is 5.